The molecule has 1 aromatic rings. The molecule has 1 heterocycles. The molecule has 11 heavy (non-hydrogen) atoms. The largest absolute Gasteiger partial charge is 0.334 e. The number of aromatic nitrogens is 2. The summed E-state index contributed by atoms with van der Waals surface area (Å²) in [5.74, 6) is 0.947. The van der Waals surface area contributed by atoms with Crippen LogP contribution in [0.2, 0.25) is 0 Å². The van der Waals surface area contributed by atoms with Gasteiger partial charge in [-0.3, -0.25) is 0 Å². The first-order valence-electron chi connectivity index (χ1n) is 4.25. The van der Waals surface area contributed by atoms with Gasteiger partial charge in [-0.05, 0) is 32.6 Å². The molecule has 1 aliphatic carbocycles. The van der Waals surface area contributed by atoms with Gasteiger partial charge >= 0.3 is 0 Å². The molecule has 1 aliphatic rings. The fourth-order valence-electron chi connectivity index (χ4n) is 1.31. The van der Waals surface area contributed by atoms with Crippen molar-refractivity contribution in [1.82, 2.24) is 9.55 Å². The minimum absolute atomic E-state index is 0.947. The highest BCUT2D eigenvalue weighted by atomic mass is 15.1. The SMILES string of the molecule is Cc1ncn(CC2CC2)c1C. The molecule has 2 heteroatoms. The van der Waals surface area contributed by atoms with Crippen LogP contribution in [0, 0.1) is 19.8 Å². The molecular weight excluding hydrogens is 136 g/mol. The Morgan fingerprint density at radius 1 is 1.55 bits per heavy atom. The second kappa shape index (κ2) is 2.36. The summed E-state index contributed by atoms with van der Waals surface area (Å²) in [7, 11) is 0. The molecule has 0 spiro atoms. The maximum atomic E-state index is 4.26. The van der Waals surface area contributed by atoms with Crippen LogP contribution in [0.5, 0.6) is 0 Å². The van der Waals surface area contributed by atoms with E-state index in [0.29, 0.717) is 0 Å². The van der Waals surface area contributed by atoms with Crippen molar-refractivity contribution in [2.45, 2.75) is 33.2 Å². The highest BCUT2D eigenvalue weighted by Crippen LogP contribution is 2.30. The van der Waals surface area contributed by atoms with Gasteiger partial charge in [0.25, 0.3) is 0 Å². The zero-order valence-corrected chi connectivity index (χ0v) is 7.17. The van der Waals surface area contributed by atoms with Crippen molar-refractivity contribution in [1.29, 1.82) is 0 Å². The van der Waals surface area contributed by atoms with Gasteiger partial charge in [0.15, 0.2) is 0 Å². The van der Waals surface area contributed by atoms with Gasteiger partial charge in [0, 0.05) is 12.2 Å². The molecule has 2 rings (SSSR count). The fraction of sp³-hybridized carbons (Fsp3) is 0.667. The van der Waals surface area contributed by atoms with Crippen LogP contribution in [0.25, 0.3) is 0 Å². The molecule has 1 saturated carbocycles. The maximum absolute atomic E-state index is 4.26. The Morgan fingerprint density at radius 3 is 2.73 bits per heavy atom. The van der Waals surface area contributed by atoms with Gasteiger partial charge in [-0.1, -0.05) is 0 Å². The highest BCUT2D eigenvalue weighted by Gasteiger charge is 2.22. The number of hydrogen-bond acceptors (Lipinski definition) is 1. The average molecular weight is 150 g/mol. The molecule has 0 saturated heterocycles. The van der Waals surface area contributed by atoms with Gasteiger partial charge in [0.05, 0.1) is 12.0 Å². The minimum atomic E-state index is 0.947. The lowest BCUT2D eigenvalue weighted by atomic mass is 10.3. The number of aryl methyl sites for hydroxylation is 1. The Labute approximate surface area is 67.3 Å². The molecular formula is C9H14N2. The van der Waals surface area contributed by atoms with E-state index in [2.05, 4.69) is 23.4 Å². The molecule has 0 aliphatic heterocycles. The number of rotatable bonds is 2. The topological polar surface area (TPSA) is 17.8 Å². The molecule has 0 aromatic carbocycles. The Balaban J connectivity index is 2.15. The molecule has 60 valence electrons. The van der Waals surface area contributed by atoms with E-state index in [9.17, 15) is 0 Å². The van der Waals surface area contributed by atoms with Crippen LogP contribution in [0.15, 0.2) is 6.33 Å². The van der Waals surface area contributed by atoms with Gasteiger partial charge in [-0.15, -0.1) is 0 Å². The van der Waals surface area contributed by atoms with Crippen molar-refractivity contribution >= 4 is 0 Å². The zero-order chi connectivity index (χ0) is 7.84. The average Bonchev–Trinajstić information content (AvgIpc) is 2.74. The van der Waals surface area contributed by atoms with Crippen molar-refractivity contribution in [2.24, 2.45) is 5.92 Å². The summed E-state index contributed by atoms with van der Waals surface area (Å²) in [4.78, 5) is 4.26. The van der Waals surface area contributed by atoms with Gasteiger partial charge in [-0.25, -0.2) is 4.98 Å². The quantitative estimate of drug-likeness (QED) is 0.629. The fourth-order valence-corrected chi connectivity index (χ4v) is 1.31. The van der Waals surface area contributed by atoms with Gasteiger partial charge in [0.1, 0.15) is 0 Å². The second-order valence-electron chi connectivity index (χ2n) is 3.51. The Bertz CT molecular complexity index is 259. The summed E-state index contributed by atoms with van der Waals surface area (Å²) in [5.41, 5.74) is 2.50. The zero-order valence-electron chi connectivity index (χ0n) is 7.17. The first kappa shape index (κ1) is 6.89. The van der Waals surface area contributed by atoms with Crippen LogP contribution in [-0.2, 0) is 6.54 Å². The highest BCUT2D eigenvalue weighted by molar-refractivity contribution is 5.08. The molecule has 0 unspecified atom stereocenters. The summed E-state index contributed by atoms with van der Waals surface area (Å²) in [6.07, 6.45) is 4.79. The summed E-state index contributed by atoms with van der Waals surface area (Å²) in [5, 5.41) is 0. The third-order valence-electron chi connectivity index (χ3n) is 2.50. The van der Waals surface area contributed by atoms with Crippen molar-refractivity contribution in [3.8, 4) is 0 Å². The third-order valence-corrected chi connectivity index (χ3v) is 2.50. The van der Waals surface area contributed by atoms with Gasteiger partial charge < -0.3 is 4.57 Å². The predicted molar refractivity (Wildman–Crippen MR) is 44.4 cm³/mol. The van der Waals surface area contributed by atoms with Crippen molar-refractivity contribution in [2.75, 3.05) is 0 Å². The standard InChI is InChI=1S/C9H14N2/c1-7-8(2)11(6-10-7)5-9-3-4-9/h6,9H,3-5H2,1-2H3. The van der Waals surface area contributed by atoms with Gasteiger partial charge in [0.2, 0.25) is 0 Å². The molecule has 0 atom stereocenters. The van der Waals surface area contributed by atoms with Crippen LogP contribution in [0.1, 0.15) is 24.2 Å². The Kier molecular flexibility index (Phi) is 1.48. The van der Waals surface area contributed by atoms with E-state index in [4.69, 9.17) is 0 Å². The summed E-state index contributed by atoms with van der Waals surface area (Å²) >= 11 is 0. The molecule has 0 amide bonds. The van der Waals surface area contributed by atoms with Crippen molar-refractivity contribution < 1.29 is 0 Å². The number of imidazole rings is 1. The van der Waals surface area contributed by atoms with E-state index in [0.717, 1.165) is 5.92 Å². The van der Waals surface area contributed by atoms with Crippen molar-refractivity contribution in [3.05, 3.63) is 17.7 Å². The minimum Gasteiger partial charge on any atom is -0.334 e. The summed E-state index contributed by atoms with van der Waals surface area (Å²) in [6.45, 7) is 5.40. The Hall–Kier alpha value is -0.790. The van der Waals surface area contributed by atoms with Gasteiger partial charge in [-0.2, -0.15) is 0 Å². The lowest BCUT2D eigenvalue weighted by molar-refractivity contribution is 0.612. The van der Waals surface area contributed by atoms with E-state index in [1.54, 1.807) is 0 Å². The smallest absolute Gasteiger partial charge is 0.0951 e. The molecule has 2 nitrogen and oxygen atoms in total. The van der Waals surface area contributed by atoms with E-state index in [1.165, 1.54) is 30.8 Å². The second-order valence-corrected chi connectivity index (χ2v) is 3.51. The number of nitrogens with zero attached hydrogens (tertiary/aromatic N) is 2. The Morgan fingerprint density at radius 2 is 2.27 bits per heavy atom. The van der Waals surface area contributed by atoms with Crippen molar-refractivity contribution in [3.63, 3.8) is 0 Å². The normalized spacial score (nSPS) is 17.3. The molecule has 0 radical (unpaired) electrons. The molecule has 0 bridgehead atoms. The first-order chi connectivity index (χ1) is 5.27. The first-order valence-corrected chi connectivity index (χ1v) is 4.25. The van der Waals surface area contributed by atoms with E-state index < -0.39 is 0 Å². The molecule has 1 aromatic heterocycles. The van der Waals surface area contributed by atoms with E-state index in [-0.39, 0.29) is 0 Å². The van der Waals surface area contributed by atoms with Crippen LogP contribution >= 0.6 is 0 Å². The van der Waals surface area contributed by atoms with Crippen LogP contribution in [-0.4, -0.2) is 9.55 Å². The van der Waals surface area contributed by atoms with Crippen LogP contribution in [0.3, 0.4) is 0 Å². The molecule has 1 fully saturated rings. The van der Waals surface area contributed by atoms with E-state index in [1.807, 2.05) is 6.33 Å². The molecule has 0 N–H and O–H groups in total. The third kappa shape index (κ3) is 1.30. The lowest BCUT2D eigenvalue weighted by Gasteiger charge is -2.02. The predicted octanol–water partition coefficient (Wildman–Crippen LogP) is 1.91. The lowest BCUT2D eigenvalue weighted by Crippen LogP contribution is -2.00. The monoisotopic (exact) mass is 150 g/mol. The maximum Gasteiger partial charge on any atom is 0.0951 e. The summed E-state index contributed by atoms with van der Waals surface area (Å²) in [6, 6.07) is 0. The van der Waals surface area contributed by atoms with Crippen LogP contribution in [0.4, 0.5) is 0 Å². The van der Waals surface area contributed by atoms with E-state index >= 15 is 0 Å². The van der Waals surface area contributed by atoms with Crippen LogP contribution < -0.4 is 0 Å². The summed E-state index contributed by atoms with van der Waals surface area (Å²) < 4.78 is 2.27. The number of hydrogen-bond donors (Lipinski definition) is 0.